The van der Waals surface area contributed by atoms with Crippen molar-refractivity contribution in [2.45, 2.75) is 0 Å². The van der Waals surface area contributed by atoms with Crippen LogP contribution in [0.4, 0.5) is 5.69 Å². The predicted octanol–water partition coefficient (Wildman–Crippen LogP) is 5.76. The minimum Gasteiger partial charge on any atom is -0.493 e. The van der Waals surface area contributed by atoms with E-state index in [1.54, 1.807) is 12.1 Å². The number of rotatable bonds is 5. The maximum atomic E-state index is 12.8. The molecule has 0 spiro atoms. The molecule has 0 saturated carbocycles. The summed E-state index contributed by atoms with van der Waals surface area (Å²) in [5.74, 6) is 13.6. The number of amides is 1. The Kier molecular flexibility index (Phi) is 8.11. The first-order valence-corrected chi connectivity index (χ1v) is 11.5. The largest absolute Gasteiger partial charge is 0.493 e. The first kappa shape index (κ1) is 25.0. The molecule has 37 heavy (non-hydrogen) atoms. The number of carbonyl (C=O) groups is 1. The summed E-state index contributed by atoms with van der Waals surface area (Å²) in [6.07, 6.45) is 0. The van der Waals surface area contributed by atoms with Crippen LogP contribution < -0.4 is 19.5 Å². The summed E-state index contributed by atoms with van der Waals surface area (Å²) in [5.41, 5.74) is 4.67. The van der Waals surface area contributed by atoms with E-state index < -0.39 is 0 Å². The van der Waals surface area contributed by atoms with Gasteiger partial charge in [-0.1, -0.05) is 41.9 Å². The summed E-state index contributed by atoms with van der Waals surface area (Å²) < 4.78 is 16.0. The molecule has 0 aliphatic carbocycles. The van der Waals surface area contributed by atoms with Gasteiger partial charge in [-0.3, -0.25) is 4.79 Å². The molecule has 0 fully saturated rings. The van der Waals surface area contributed by atoms with Crippen LogP contribution >= 0.6 is 0 Å². The van der Waals surface area contributed by atoms with Gasteiger partial charge in [0.1, 0.15) is 0 Å². The first-order chi connectivity index (χ1) is 18.1. The van der Waals surface area contributed by atoms with Crippen molar-refractivity contribution in [3.63, 3.8) is 0 Å². The fraction of sp³-hybridized carbons (Fsp3) is 0.0938. The molecule has 4 aromatic rings. The molecule has 0 bridgehead atoms. The van der Waals surface area contributed by atoms with Crippen LogP contribution in [0.15, 0.2) is 91.0 Å². The van der Waals surface area contributed by atoms with Gasteiger partial charge in [-0.15, -0.1) is 0 Å². The van der Waals surface area contributed by atoms with Crippen molar-refractivity contribution in [1.82, 2.24) is 0 Å². The third-order valence-electron chi connectivity index (χ3n) is 5.43. The molecule has 0 saturated heterocycles. The first-order valence-electron chi connectivity index (χ1n) is 11.5. The Bertz CT molecular complexity index is 1480. The molecule has 1 N–H and O–H groups in total. The van der Waals surface area contributed by atoms with Crippen LogP contribution in [0, 0.1) is 23.7 Å². The highest BCUT2D eigenvalue weighted by atomic mass is 16.5. The van der Waals surface area contributed by atoms with Crippen LogP contribution in [0.3, 0.4) is 0 Å². The molecule has 4 aromatic carbocycles. The number of anilines is 1. The fourth-order valence-electron chi connectivity index (χ4n) is 3.50. The van der Waals surface area contributed by atoms with E-state index in [4.69, 9.17) is 14.2 Å². The molecule has 182 valence electrons. The minimum atomic E-state index is -0.298. The molecule has 0 aromatic heterocycles. The van der Waals surface area contributed by atoms with Gasteiger partial charge in [0.05, 0.1) is 21.3 Å². The van der Waals surface area contributed by atoms with E-state index in [9.17, 15) is 4.79 Å². The topological polar surface area (TPSA) is 56.8 Å². The number of benzene rings is 4. The van der Waals surface area contributed by atoms with E-state index in [-0.39, 0.29) is 5.91 Å². The Morgan fingerprint density at radius 1 is 0.595 bits per heavy atom. The van der Waals surface area contributed by atoms with Gasteiger partial charge in [0.2, 0.25) is 5.75 Å². The summed E-state index contributed by atoms with van der Waals surface area (Å²) in [6, 6.07) is 28.3. The molecule has 4 rings (SSSR count). The number of methoxy groups -OCH3 is 3. The van der Waals surface area contributed by atoms with E-state index >= 15 is 0 Å². The van der Waals surface area contributed by atoms with Crippen LogP contribution in [0.25, 0.3) is 0 Å². The standard InChI is InChI=1S/C32H25NO4/c1-35-29-21-27(22-30(36-2)31(29)37-3)32(34)33-28-19-17-26(18-20-28)16-15-25-13-11-24(12-14-25)10-9-23-7-5-4-6-8-23/h4-8,11-14,17-22H,1-3H3,(H,33,34). The Morgan fingerprint density at radius 2 is 1.03 bits per heavy atom. The Labute approximate surface area is 217 Å². The Hall–Kier alpha value is -5.13. The van der Waals surface area contributed by atoms with E-state index in [0.717, 1.165) is 22.3 Å². The highest BCUT2D eigenvalue weighted by molar-refractivity contribution is 6.05. The molecule has 0 aliphatic rings. The lowest BCUT2D eigenvalue weighted by atomic mass is 10.1. The van der Waals surface area contributed by atoms with Crippen LogP contribution in [0.5, 0.6) is 17.2 Å². The highest BCUT2D eigenvalue weighted by Crippen LogP contribution is 2.38. The zero-order valence-electron chi connectivity index (χ0n) is 20.8. The van der Waals surface area contributed by atoms with Crippen LogP contribution in [-0.2, 0) is 0 Å². The molecule has 0 atom stereocenters. The molecule has 0 radical (unpaired) electrons. The third-order valence-corrected chi connectivity index (χ3v) is 5.43. The molecular weight excluding hydrogens is 462 g/mol. The second-order valence-electron chi connectivity index (χ2n) is 7.89. The van der Waals surface area contributed by atoms with Gasteiger partial charge in [-0.05, 0) is 72.8 Å². The Morgan fingerprint density at radius 3 is 1.46 bits per heavy atom. The van der Waals surface area contributed by atoms with Crippen LogP contribution in [-0.4, -0.2) is 27.2 Å². The van der Waals surface area contributed by atoms with Gasteiger partial charge in [0.15, 0.2) is 11.5 Å². The lowest BCUT2D eigenvalue weighted by Crippen LogP contribution is -2.12. The van der Waals surface area contributed by atoms with Crippen molar-refractivity contribution in [3.05, 3.63) is 119 Å². The summed E-state index contributed by atoms with van der Waals surface area (Å²) >= 11 is 0. The van der Waals surface area contributed by atoms with Crippen molar-refractivity contribution in [2.75, 3.05) is 26.6 Å². The van der Waals surface area contributed by atoms with E-state index in [1.165, 1.54) is 21.3 Å². The quantitative estimate of drug-likeness (QED) is 0.364. The van der Waals surface area contributed by atoms with Gasteiger partial charge in [-0.25, -0.2) is 0 Å². The SMILES string of the molecule is COc1cc(C(=O)Nc2ccc(C#Cc3ccc(C#Cc4ccccc4)cc3)cc2)cc(OC)c1OC. The second-order valence-corrected chi connectivity index (χ2v) is 7.89. The van der Waals surface area contributed by atoms with Crippen molar-refractivity contribution < 1.29 is 19.0 Å². The molecule has 5 heteroatoms. The number of carbonyl (C=O) groups excluding carboxylic acids is 1. The molecular formula is C32H25NO4. The van der Waals surface area contributed by atoms with Crippen molar-refractivity contribution in [1.29, 1.82) is 0 Å². The predicted molar refractivity (Wildman–Crippen MR) is 145 cm³/mol. The summed E-state index contributed by atoms with van der Waals surface area (Å²) in [7, 11) is 4.53. The van der Waals surface area contributed by atoms with E-state index in [2.05, 4.69) is 29.0 Å². The summed E-state index contributed by atoms with van der Waals surface area (Å²) in [5, 5.41) is 2.88. The zero-order valence-corrected chi connectivity index (χ0v) is 20.8. The summed E-state index contributed by atoms with van der Waals surface area (Å²) in [6.45, 7) is 0. The zero-order chi connectivity index (χ0) is 26.0. The van der Waals surface area contributed by atoms with Gasteiger partial charge in [-0.2, -0.15) is 0 Å². The number of hydrogen-bond donors (Lipinski definition) is 1. The second kappa shape index (κ2) is 12.0. The van der Waals surface area contributed by atoms with Crippen molar-refractivity contribution in [2.24, 2.45) is 0 Å². The molecule has 5 nitrogen and oxygen atoms in total. The van der Waals surface area contributed by atoms with E-state index in [1.807, 2.05) is 78.9 Å². The van der Waals surface area contributed by atoms with E-state index in [0.29, 0.717) is 28.5 Å². The number of nitrogens with one attached hydrogen (secondary N) is 1. The lowest BCUT2D eigenvalue weighted by Gasteiger charge is -2.14. The number of hydrogen-bond acceptors (Lipinski definition) is 4. The smallest absolute Gasteiger partial charge is 0.255 e. The summed E-state index contributed by atoms with van der Waals surface area (Å²) in [4.78, 5) is 12.8. The van der Waals surface area contributed by atoms with Crippen LogP contribution in [0.1, 0.15) is 32.6 Å². The van der Waals surface area contributed by atoms with Crippen LogP contribution in [0.2, 0.25) is 0 Å². The molecule has 1 amide bonds. The average molecular weight is 488 g/mol. The monoisotopic (exact) mass is 487 g/mol. The van der Waals surface area contributed by atoms with Gasteiger partial charge in [0, 0.05) is 33.5 Å². The molecule has 0 aliphatic heterocycles. The maximum Gasteiger partial charge on any atom is 0.255 e. The molecule has 0 unspecified atom stereocenters. The highest BCUT2D eigenvalue weighted by Gasteiger charge is 2.17. The maximum absolute atomic E-state index is 12.8. The van der Waals surface area contributed by atoms with Crippen molar-refractivity contribution >= 4 is 11.6 Å². The normalized spacial score (nSPS) is 9.70. The Balaban J connectivity index is 1.41. The van der Waals surface area contributed by atoms with Gasteiger partial charge in [0.25, 0.3) is 5.91 Å². The molecule has 0 heterocycles. The average Bonchev–Trinajstić information content (AvgIpc) is 2.95. The number of ether oxygens (including phenoxy) is 3. The fourth-order valence-corrected chi connectivity index (χ4v) is 3.50. The van der Waals surface area contributed by atoms with Crippen molar-refractivity contribution in [3.8, 4) is 40.9 Å². The lowest BCUT2D eigenvalue weighted by molar-refractivity contribution is 0.102. The third kappa shape index (κ3) is 6.51. The van der Waals surface area contributed by atoms with Gasteiger partial charge < -0.3 is 19.5 Å². The van der Waals surface area contributed by atoms with Gasteiger partial charge >= 0.3 is 0 Å². The minimum absolute atomic E-state index is 0.298.